The van der Waals surface area contributed by atoms with Gasteiger partial charge in [0.2, 0.25) is 15.9 Å². The Labute approximate surface area is 191 Å². The monoisotopic (exact) mass is 456 g/mol. The van der Waals surface area contributed by atoms with Crippen molar-refractivity contribution >= 4 is 27.3 Å². The topological polar surface area (TPSA) is 73.0 Å². The summed E-state index contributed by atoms with van der Waals surface area (Å²) in [6, 6.07) is 17.2. The summed E-state index contributed by atoms with van der Waals surface area (Å²) in [5.74, 6) is -0.197. The minimum absolute atomic E-state index is 0.00432. The third-order valence-corrected chi connectivity index (χ3v) is 8.26. The van der Waals surface area contributed by atoms with Crippen molar-refractivity contribution < 1.29 is 13.2 Å². The summed E-state index contributed by atoms with van der Waals surface area (Å²) in [5, 5.41) is 3.01. The number of nitrogens with zero attached hydrogens (tertiary/aromatic N) is 3. The van der Waals surface area contributed by atoms with Gasteiger partial charge in [0, 0.05) is 56.6 Å². The summed E-state index contributed by atoms with van der Waals surface area (Å²) >= 11 is 0. The van der Waals surface area contributed by atoms with Crippen molar-refractivity contribution in [3.8, 4) is 0 Å². The van der Waals surface area contributed by atoms with Crippen LogP contribution in [0.4, 0.5) is 11.4 Å². The van der Waals surface area contributed by atoms with E-state index in [9.17, 15) is 13.2 Å². The lowest BCUT2D eigenvalue weighted by Crippen LogP contribution is -2.44. The fraction of sp³-hybridized carbons (Fsp3) is 0.458. The summed E-state index contributed by atoms with van der Waals surface area (Å²) < 4.78 is 27.0. The van der Waals surface area contributed by atoms with Crippen LogP contribution < -0.4 is 10.2 Å². The first-order valence-electron chi connectivity index (χ1n) is 11.3. The average Bonchev–Trinajstić information content (AvgIpc) is 2.81. The summed E-state index contributed by atoms with van der Waals surface area (Å²) in [5.41, 5.74) is 2.74. The molecule has 1 N–H and O–H groups in total. The summed E-state index contributed by atoms with van der Waals surface area (Å²) in [6.45, 7) is 4.89. The number of piperazine rings is 1. The quantitative estimate of drug-likeness (QED) is 0.724. The van der Waals surface area contributed by atoms with Gasteiger partial charge in [-0.05, 0) is 49.7 Å². The second kappa shape index (κ2) is 10.0. The molecule has 2 aromatic rings. The van der Waals surface area contributed by atoms with Gasteiger partial charge in [0.25, 0.3) is 0 Å². The highest BCUT2D eigenvalue weighted by Crippen LogP contribution is 2.24. The molecule has 2 fully saturated rings. The Kier molecular flexibility index (Phi) is 7.13. The molecule has 0 radical (unpaired) electrons. The summed E-state index contributed by atoms with van der Waals surface area (Å²) in [7, 11) is -1.23. The second-order valence-electron chi connectivity index (χ2n) is 8.74. The minimum atomic E-state index is -3.37. The predicted octanol–water partition coefficient (Wildman–Crippen LogP) is 2.62. The van der Waals surface area contributed by atoms with Crippen molar-refractivity contribution in [1.29, 1.82) is 0 Å². The van der Waals surface area contributed by atoms with E-state index in [0.717, 1.165) is 37.4 Å². The first-order chi connectivity index (χ1) is 15.4. The van der Waals surface area contributed by atoms with Crippen molar-refractivity contribution in [3.05, 3.63) is 60.2 Å². The molecule has 0 aromatic heterocycles. The SMILES string of the molecule is CN1CCN(c2ccc(NC(=O)C3CCN(S(=O)(=O)Cc4ccccc4)CC3)cc2)CC1. The van der Waals surface area contributed by atoms with E-state index in [4.69, 9.17) is 0 Å². The molecular weight excluding hydrogens is 424 g/mol. The zero-order valence-electron chi connectivity index (χ0n) is 18.6. The molecule has 7 nitrogen and oxygen atoms in total. The average molecular weight is 457 g/mol. The number of carbonyl (C=O) groups excluding carboxylic acids is 1. The third kappa shape index (κ3) is 5.68. The maximum atomic E-state index is 12.7. The van der Waals surface area contributed by atoms with E-state index in [1.807, 2.05) is 42.5 Å². The highest BCUT2D eigenvalue weighted by Gasteiger charge is 2.31. The molecule has 0 unspecified atom stereocenters. The van der Waals surface area contributed by atoms with Crippen LogP contribution in [0.15, 0.2) is 54.6 Å². The third-order valence-electron chi connectivity index (χ3n) is 6.41. The Bertz CT molecular complexity index is 995. The van der Waals surface area contributed by atoms with Crippen LogP contribution >= 0.6 is 0 Å². The van der Waals surface area contributed by atoms with Gasteiger partial charge in [-0.3, -0.25) is 4.79 Å². The number of nitrogens with one attached hydrogen (secondary N) is 1. The zero-order chi connectivity index (χ0) is 22.6. The van der Waals surface area contributed by atoms with Crippen molar-refractivity contribution in [3.63, 3.8) is 0 Å². The fourth-order valence-corrected chi connectivity index (χ4v) is 5.90. The smallest absolute Gasteiger partial charge is 0.227 e. The normalized spacial score (nSPS) is 19.1. The van der Waals surface area contributed by atoms with Crippen LogP contribution in [0.5, 0.6) is 0 Å². The first kappa shape index (κ1) is 22.8. The van der Waals surface area contributed by atoms with Crippen LogP contribution in [0.2, 0.25) is 0 Å². The summed E-state index contributed by atoms with van der Waals surface area (Å²) in [4.78, 5) is 17.4. The van der Waals surface area contributed by atoms with Crippen molar-refractivity contribution in [1.82, 2.24) is 9.21 Å². The molecule has 2 heterocycles. The molecule has 0 bridgehead atoms. The number of benzene rings is 2. The van der Waals surface area contributed by atoms with E-state index in [-0.39, 0.29) is 17.6 Å². The molecule has 2 aliphatic rings. The van der Waals surface area contributed by atoms with Crippen LogP contribution in [0.25, 0.3) is 0 Å². The Balaban J connectivity index is 1.27. The molecule has 0 atom stereocenters. The van der Waals surface area contributed by atoms with Crippen molar-refractivity contribution in [2.24, 2.45) is 5.92 Å². The van der Waals surface area contributed by atoms with Gasteiger partial charge < -0.3 is 15.1 Å². The fourth-order valence-electron chi connectivity index (χ4n) is 4.34. The van der Waals surface area contributed by atoms with Gasteiger partial charge in [-0.1, -0.05) is 30.3 Å². The van der Waals surface area contributed by atoms with Crippen LogP contribution in [-0.2, 0) is 20.6 Å². The maximum absolute atomic E-state index is 12.7. The molecule has 0 saturated carbocycles. The van der Waals surface area contributed by atoms with E-state index in [0.29, 0.717) is 25.9 Å². The van der Waals surface area contributed by atoms with E-state index in [2.05, 4.69) is 34.3 Å². The van der Waals surface area contributed by atoms with Gasteiger partial charge in [-0.25, -0.2) is 12.7 Å². The Morgan fingerprint density at radius 2 is 1.53 bits per heavy atom. The highest BCUT2D eigenvalue weighted by molar-refractivity contribution is 7.88. The minimum Gasteiger partial charge on any atom is -0.369 e. The number of amides is 1. The Morgan fingerprint density at radius 1 is 0.906 bits per heavy atom. The van der Waals surface area contributed by atoms with E-state index in [1.165, 1.54) is 9.99 Å². The Morgan fingerprint density at radius 3 is 2.16 bits per heavy atom. The van der Waals surface area contributed by atoms with Crippen LogP contribution in [-0.4, -0.2) is 69.8 Å². The lowest BCUT2D eigenvalue weighted by Gasteiger charge is -2.34. The van der Waals surface area contributed by atoms with E-state index in [1.54, 1.807) is 0 Å². The van der Waals surface area contributed by atoms with Gasteiger partial charge >= 0.3 is 0 Å². The number of piperidine rings is 1. The molecular formula is C24H32N4O3S. The zero-order valence-corrected chi connectivity index (χ0v) is 19.4. The molecule has 0 spiro atoms. The van der Waals surface area contributed by atoms with E-state index >= 15 is 0 Å². The molecule has 1 amide bonds. The largest absolute Gasteiger partial charge is 0.369 e. The van der Waals surface area contributed by atoms with Crippen molar-refractivity contribution in [2.75, 3.05) is 56.5 Å². The molecule has 2 aromatic carbocycles. The molecule has 0 aliphatic carbocycles. The lowest BCUT2D eigenvalue weighted by molar-refractivity contribution is -0.120. The number of rotatable bonds is 6. The Hall–Kier alpha value is -2.42. The number of anilines is 2. The van der Waals surface area contributed by atoms with Gasteiger partial charge in [-0.2, -0.15) is 0 Å². The van der Waals surface area contributed by atoms with Crippen molar-refractivity contribution in [2.45, 2.75) is 18.6 Å². The first-order valence-corrected chi connectivity index (χ1v) is 12.9. The van der Waals surface area contributed by atoms with Crippen LogP contribution in [0.3, 0.4) is 0 Å². The number of carbonyl (C=O) groups is 1. The molecule has 2 saturated heterocycles. The van der Waals surface area contributed by atoms with Crippen LogP contribution in [0, 0.1) is 5.92 Å². The van der Waals surface area contributed by atoms with Gasteiger partial charge in [0.05, 0.1) is 5.75 Å². The van der Waals surface area contributed by atoms with Gasteiger partial charge in [0.1, 0.15) is 0 Å². The molecule has 32 heavy (non-hydrogen) atoms. The molecule has 8 heteroatoms. The van der Waals surface area contributed by atoms with Gasteiger partial charge in [-0.15, -0.1) is 0 Å². The molecule has 4 rings (SSSR count). The molecule has 2 aliphatic heterocycles. The number of hydrogen-bond donors (Lipinski definition) is 1. The predicted molar refractivity (Wildman–Crippen MR) is 128 cm³/mol. The number of likely N-dealkylation sites (N-methyl/N-ethyl adjacent to an activating group) is 1. The lowest BCUT2D eigenvalue weighted by atomic mass is 9.97. The van der Waals surface area contributed by atoms with E-state index < -0.39 is 10.0 Å². The van der Waals surface area contributed by atoms with Gasteiger partial charge in [0.15, 0.2) is 0 Å². The molecule has 172 valence electrons. The number of hydrogen-bond acceptors (Lipinski definition) is 5. The standard InChI is InChI=1S/C24H32N4O3S/c1-26-15-17-27(18-16-26)23-9-7-22(8-10-23)25-24(29)21-11-13-28(14-12-21)32(30,31)19-20-5-3-2-4-6-20/h2-10,21H,11-19H2,1H3,(H,25,29). The maximum Gasteiger partial charge on any atom is 0.227 e. The summed E-state index contributed by atoms with van der Waals surface area (Å²) in [6.07, 6.45) is 1.08. The number of sulfonamides is 1. The van der Waals surface area contributed by atoms with Crippen LogP contribution in [0.1, 0.15) is 18.4 Å². The highest BCUT2D eigenvalue weighted by atomic mass is 32.2. The second-order valence-corrected chi connectivity index (χ2v) is 10.7.